The lowest BCUT2D eigenvalue weighted by Crippen LogP contribution is -2.23. The summed E-state index contributed by atoms with van der Waals surface area (Å²) in [5, 5.41) is 2.66. The molecular weight excluding hydrogens is 397 g/mol. The van der Waals surface area contributed by atoms with Crippen molar-refractivity contribution in [2.45, 2.75) is 0 Å². The third-order valence-electron chi connectivity index (χ3n) is 4.46. The minimum absolute atomic E-state index is 0.0503. The van der Waals surface area contributed by atoms with E-state index in [-0.39, 0.29) is 34.5 Å². The zero-order valence-corrected chi connectivity index (χ0v) is 15.6. The first-order valence-corrected chi connectivity index (χ1v) is 9.02. The van der Waals surface area contributed by atoms with Crippen LogP contribution in [0.3, 0.4) is 0 Å². The number of amides is 1. The molecule has 0 spiro atoms. The highest BCUT2D eigenvalue weighted by Crippen LogP contribution is 2.29. The van der Waals surface area contributed by atoms with Crippen molar-refractivity contribution in [1.29, 1.82) is 0 Å². The molecule has 29 heavy (non-hydrogen) atoms. The minimum Gasteiger partial charge on any atom is -0.482 e. The quantitative estimate of drug-likeness (QED) is 0.546. The van der Waals surface area contributed by atoms with Crippen molar-refractivity contribution in [2.24, 2.45) is 0 Å². The summed E-state index contributed by atoms with van der Waals surface area (Å²) < 4.78 is 18.3. The van der Waals surface area contributed by atoms with E-state index in [2.05, 4.69) is 5.32 Å². The van der Waals surface area contributed by atoms with Gasteiger partial charge in [0.1, 0.15) is 11.6 Å². The first kappa shape index (κ1) is 18.8. The molecule has 0 fully saturated rings. The lowest BCUT2D eigenvalue weighted by Gasteiger charge is -2.18. The largest absolute Gasteiger partial charge is 0.482 e. The average Bonchev–Trinajstić information content (AvgIpc) is 2.71. The fraction of sp³-hybridized carbons (Fsp3) is 0.0455. The molecule has 5 nitrogen and oxygen atoms in total. The van der Waals surface area contributed by atoms with Gasteiger partial charge in [0.2, 0.25) is 0 Å². The maximum Gasteiger partial charge on any atom is 0.262 e. The van der Waals surface area contributed by atoms with E-state index in [1.54, 1.807) is 30.3 Å². The summed E-state index contributed by atoms with van der Waals surface area (Å²) in [5.41, 5.74) is 1.58. The summed E-state index contributed by atoms with van der Waals surface area (Å²) in [6.45, 7) is -0.363. The maximum absolute atomic E-state index is 13.1. The van der Waals surface area contributed by atoms with E-state index in [0.717, 1.165) is 6.07 Å². The van der Waals surface area contributed by atoms with Gasteiger partial charge in [0.05, 0.1) is 5.02 Å². The smallest absolute Gasteiger partial charge is 0.262 e. The molecule has 1 aliphatic carbocycles. The van der Waals surface area contributed by atoms with Crippen LogP contribution in [0, 0.1) is 5.82 Å². The number of halogens is 2. The molecule has 1 N–H and O–H groups in total. The highest BCUT2D eigenvalue weighted by atomic mass is 35.5. The van der Waals surface area contributed by atoms with Crippen molar-refractivity contribution >= 4 is 34.8 Å². The molecule has 0 heterocycles. The van der Waals surface area contributed by atoms with Crippen LogP contribution in [0.5, 0.6) is 5.75 Å². The van der Waals surface area contributed by atoms with Crippen LogP contribution >= 0.6 is 11.6 Å². The Morgan fingerprint density at radius 2 is 1.55 bits per heavy atom. The number of ketones is 2. The zero-order valence-electron chi connectivity index (χ0n) is 14.9. The maximum atomic E-state index is 13.1. The lowest BCUT2D eigenvalue weighted by atomic mass is 9.84. The number of hydrogen-bond acceptors (Lipinski definition) is 4. The van der Waals surface area contributed by atoms with Gasteiger partial charge >= 0.3 is 0 Å². The van der Waals surface area contributed by atoms with Crippen molar-refractivity contribution in [3.05, 3.63) is 93.8 Å². The molecule has 144 valence electrons. The van der Waals surface area contributed by atoms with Gasteiger partial charge in [-0.05, 0) is 36.4 Å². The van der Waals surface area contributed by atoms with Crippen LogP contribution in [0.4, 0.5) is 10.1 Å². The number of hydrogen-bond donors (Lipinski definition) is 1. The van der Waals surface area contributed by atoms with E-state index in [1.165, 1.54) is 24.3 Å². The third-order valence-corrected chi connectivity index (χ3v) is 4.76. The summed E-state index contributed by atoms with van der Waals surface area (Å²) in [4.78, 5) is 37.5. The molecule has 0 saturated heterocycles. The number of benzene rings is 3. The number of carbonyl (C=O) groups excluding carboxylic acids is 3. The molecule has 3 aromatic rings. The van der Waals surface area contributed by atoms with Crippen molar-refractivity contribution in [1.82, 2.24) is 0 Å². The summed E-state index contributed by atoms with van der Waals surface area (Å²) in [7, 11) is 0. The van der Waals surface area contributed by atoms with Crippen LogP contribution in [0.2, 0.25) is 5.02 Å². The second-order valence-electron chi connectivity index (χ2n) is 6.38. The van der Waals surface area contributed by atoms with Crippen molar-refractivity contribution < 1.29 is 23.5 Å². The Bertz CT molecular complexity index is 1180. The predicted molar refractivity (Wildman–Crippen MR) is 105 cm³/mol. The molecule has 0 radical (unpaired) electrons. The zero-order chi connectivity index (χ0) is 20.5. The molecule has 0 atom stereocenters. The fourth-order valence-corrected chi connectivity index (χ4v) is 3.33. The molecule has 1 amide bonds. The number of ether oxygens (including phenoxy) is 1. The molecule has 0 bridgehead atoms. The van der Waals surface area contributed by atoms with Crippen LogP contribution in [0.25, 0.3) is 0 Å². The Morgan fingerprint density at radius 3 is 2.24 bits per heavy atom. The molecule has 1 aliphatic rings. The number of rotatable bonds is 4. The topological polar surface area (TPSA) is 72.5 Å². The van der Waals surface area contributed by atoms with E-state index in [4.69, 9.17) is 16.3 Å². The summed E-state index contributed by atoms with van der Waals surface area (Å²) in [6, 6.07) is 14.7. The highest BCUT2D eigenvalue weighted by molar-refractivity contribution is 6.32. The number of fused-ring (bicyclic) bond motifs is 2. The van der Waals surface area contributed by atoms with Gasteiger partial charge in [0.25, 0.3) is 5.91 Å². The molecule has 0 aromatic heterocycles. The minimum atomic E-state index is -0.512. The fourth-order valence-electron chi connectivity index (χ4n) is 3.11. The molecule has 4 rings (SSSR count). The van der Waals surface area contributed by atoms with Crippen LogP contribution in [0.1, 0.15) is 31.8 Å². The van der Waals surface area contributed by atoms with Crippen LogP contribution in [0.15, 0.2) is 60.7 Å². The highest BCUT2D eigenvalue weighted by Gasteiger charge is 2.29. The average molecular weight is 410 g/mol. The standard InChI is InChI=1S/C22H13ClFNO4/c23-18-9-12(24)5-8-19(18)29-11-20(26)25-13-6-7-16-17(10-13)22(28)15-4-2-1-3-14(15)21(16)27/h1-10H,11H2,(H,25,26). The van der Waals surface area contributed by atoms with Gasteiger partial charge in [-0.25, -0.2) is 4.39 Å². The van der Waals surface area contributed by atoms with Crippen LogP contribution in [-0.2, 0) is 4.79 Å². The van der Waals surface area contributed by atoms with E-state index >= 15 is 0 Å². The second kappa shape index (κ2) is 7.48. The lowest BCUT2D eigenvalue weighted by molar-refractivity contribution is -0.118. The summed E-state index contributed by atoms with van der Waals surface area (Å²) >= 11 is 5.86. The monoisotopic (exact) mass is 409 g/mol. The van der Waals surface area contributed by atoms with Crippen molar-refractivity contribution in [3.8, 4) is 5.75 Å². The Labute approximate surface area is 170 Å². The second-order valence-corrected chi connectivity index (χ2v) is 6.78. The van der Waals surface area contributed by atoms with Gasteiger partial charge < -0.3 is 10.1 Å². The first-order valence-electron chi connectivity index (χ1n) is 8.64. The molecule has 0 saturated carbocycles. The van der Waals surface area contributed by atoms with Gasteiger partial charge in [-0.1, -0.05) is 35.9 Å². The molecular formula is C22H13ClFNO4. The molecule has 7 heteroatoms. The van der Waals surface area contributed by atoms with Crippen molar-refractivity contribution in [3.63, 3.8) is 0 Å². The SMILES string of the molecule is O=C(COc1ccc(F)cc1Cl)Nc1ccc2c(c1)C(=O)c1ccccc1C2=O. The van der Waals surface area contributed by atoms with Gasteiger partial charge in [0, 0.05) is 27.9 Å². The Kier molecular flexibility index (Phi) is 4.86. The Balaban J connectivity index is 1.50. The number of anilines is 1. The molecule has 0 aliphatic heterocycles. The van der Waals surface area contributed by atoms with Crippen molar-refractivity contribution in [2.75, 3.05) is 11.9 Å². The van der Waals surface area contributed by atoms with E-state index in [9.17, 15) is 18.8 Å². The van der Waals surface area contributed by atoms with Gasteiger partial charge in [-0.2, -0.15) is 0 Å². The number of carbonyl (C=O) groups is 3. The third kappa shape index (κ3) is 3.62. The molecule has 0 unspecified atom stereocenters. The predicted octanol–water partition coefficient (Wildman–Crippen LogP) is 4.27. The number of nitrogens with one attached hydrogen (secondary N) is 1. The van der Waals surface area contributed by atoms with E-state index in [1.807, 2.05) is 0 Å². The van der Waals surface area contributed by atoms with Crippen LogP contribution < -0.4 is 10.1 Å². The molecule has 3 aromatic carbocycles. The van der Waals surface area contributed by atoms with E-state index in [0.29, 0.717) is 22.4 Å². The Morgan fingerprint density at radius 1 is 0.897 bits per heavy atom. The summed E-state index contributed by atoms with van der Waals surface area (Å²) in [5.74, 6) is -1.35. The normalized spacial score (nSPS) is 12.2. The van der Waals surface area contributed by atoms with Gasteiger partial charge in [-0.15, -0.1) is 0 Å². The van der Waals surface area contributed by atoms with Gasteiger partial charge in [-0.3, -0.25) is 14.4 Å². The Hall–Kier alpha value is -3.51. The van der Waals surface area contributed by atoms with Gasteiger partial charge in [0.15, 0.2) is 18.2 Å². The van der Waals surface area contributed by atoms with Crippen LogP contribution in [-0.4, -0.2) is 24.1 Å². The summed E-state index contributed by atoms with van der Waals surface area (Å²) in [6.07, 6.45) is 0. The first-order chi connectivity index (χ1) is 13.9. The van der Waals surface area contributed by atoms with E-state index < -0.39 is 11.7 Å².